The van der Waals surface area contributed by atoms with Gasteiger partial charge in [0.2, 0.25) is 0 Å². The second-order valence-electron chi connectivity index (χ2n) is 4.39. The predicted molar refractivity (Wildman–Crippen MR) is 83.3 cm³/mol. The first-order chi connectivity index (χ1) is 9.40. The molecule has 20 heavy (non-hydrogen) atoms. The van der Waals surface area contributed by atoms with Crippen molar-refractivity contribution in [3.8, 4) is 0 Å². The summed E-state index contributed by atoms with van der Waals surface area (Å²) >= 11 is 9.38. The van der Waals surface area contributed by atoms with E-state index in [1.807, 2.05) is 6.92 Å². The summed E-state index contributed by atoms with van der Waals surface area (Å²) in [7, 11) is 0. The number of nitrogens with two attached hydrogens (primary N) is 1. The molecular formula is C13H17BrClN3O2. The van der Waals surface area contributed by atoms with Crippen LogP contribution in [0.1, 0.15) is 24.2 Å². The normalized spacial score (nSPS) is 13.1. The highest BCUT2D eigenvalue weighted by atomic mass is 79.9. The third-order valence-corrected chi connectivity index (χ3v) is 3.75. The summed E-state index contributed by atoms with van der Waals surface area (Å²) in [6.07, 6.45) is 0. The quantitative estimate of drug-likeness (QED) is 0.366. The van der Waals surface area contributed by atoms with Gasteiger partial charge in [0.1, 0.15) is 5.84 Å². The largest absolute Gasteiger partial charge is 0.409 e. The molecular weight excluding hydrogens is 346 g/mol. The van der Waals surface area contributed by atoms with Gasteiger partial charge >= 0.3 is 0 Å². The number of amides is 1. The zero-order chi connectivity index (χ0) is 15.3. The molecule has 0 radical (unpaired) electrons. The van der Waals surface area contributed by atoms with Crippen LogP contribution in [0.4, 0.5) is 0 Å². The van der Waals surface area contributed by atoms with E-state index < -0.39 is 0 Å². The topological polar surface area (TPSA) is 78.9 Å². The van der Waals surface area contributed by atoms with Gasteiger partial charge in [-0.15, -0.1) is 0 Å². The van der Waals surface area contributed by atoms with Gasteiger partial charge in [0.05, 0.1) is 10.6 Å². The maximum absolute atomic E-state index is 12.4. The minimum absolute atomic E-state index is 0.0955. The Morgan fingerprint density at radius 2 is 2.25 bits per heavy atom. The van der Waals surface area contributed by atoms with Crippen LogP contribution in [0.2, 0.25) is 5.02 Å². The number of carbonyl (C=O) groups excluding carboxylic acids is 1. The number of oxime groups is 1. The van der Waals surface area contributed by atoms with Crippen molar-refractivity contribution in [1.29, 1.82) is 0 Å². The standard InChI is InChI=1S/C13H17BrClN3O2/c1-3-18(7-8(2)12(16)17-20)13(19)10-5-4-9(14)6-11(10)15/h4-6,8,20H,3,7H2,1-2H3,(H2,16,17). The summed E-state index contributed by atoms with van der Waals surface area (Å²) in [6.45, 7) is 4.52. The Morgan fingerprint density at radius 1 is 1.60 bits per heavy atom. The van der Waals surface area contributed by atoms with Crippen molar-refractivity contribution in [2.24, 2.45) is 16.8 Å². The lowest BCUT2D eigenvalue weighted by molar-refractivity contribution is 0.0754. The van der Waals surface area contributed by atoms with Gasteiger partial charge in [0.15, 0.2) is 0 Å². The van der Waals surface area contributed by atoms with E-state index >= 15 is 0 Å². The van der Waals surface area contributed by atoms with Crippen LogP contribution < -0.4 is 5.73 Å². The van der Waals surface area contributed by atoms with Crippen LogP contribution in [0.5, 0.6) is 0 Å². The molecule has 0 spiro atoms. The van der Waals surface area contributed by atoms with Crippen LogP contribution in [-0.4, -0.2) is 34.9 Å². The van der Waals surface area contributed by atoms with E-state index in [1.165, 1.54) is 0 Å². The summed E-state index contributed by atoms with van der Waals surface area (Å²) in [4.78, 5) is 14.0. The zero-order valence-corrected chi connectivity index (χ0v) is 13.6. The highest BCUT2D eigenvalue weighted by Gasteiger charge is 2.20. The number of nitrogens with zero attached hydrogens (tertiary/aromatic N) is 2. The molecule has 5 nitrogen and oxygen atoms in total. The first-order valence-corrected chi connectivity index (χ1v) is 7.29. The van der Waals surface area contributed by atoms with Gasteiger partial charge in [0, 0.05) is 23.5 Å². The van der Waals surface area contributed by atoms with E-state index in [-0.39, 0.29) is 17.7 Å². The van der Waals surface area contributed by atoms with Crippen LogP contribution in [0.25, 0.3) is 0 Å². The van der Waals surface area contributed by atoms with Crippen LogP contribution in [-0.2, 0) is 0 Å². The van der Waals surface area contributed by atoms with Gasteiger partial charge in [-0.05, 0) is 25.1 Å². The van der Waals surface area contributed by atoms with Crippen molar-refractivity contribution in [2.45, 2.75) is 13.8 Å². The first kappa shape index (κ1) is 16.8. The van der Waals surface area contributed by atoms with E-state index in [9.17, 15) is 4.79 Å². The molecule has 0 aromatic heterocycles. The number of halogens is 2. The average Bonchev–Trinajstić information content (AvgIpc) is 2.42. The summed E-state index contributed by atoms with van der Waals surface area (Å²) in [5.41, 5.74) is 5.97. The van der Waals surface area contributed by atoms with E-state index in [0.29, 0.717) is 23.7 Å². The third-order valence-electron chi connectivity index (χ3n) is 2.95. The number of hydrogen-bond donors (Lipinski definition) is 2. The van der Waals surface area contributed by atoms with Crippen molar-refractivity contribution in [3.63, 3.8) is 0 Å². The smallest absolute Gasteiger partial charge is 0.255 e. The second kappa shape index (κ2) is 7.50. The van der Waals surface area contributed by atoms with Crippen molar-refractivity contribution in [2.75, 3.05) is 13.1 Å². The van der Waals surface area contributed by atoms with Crippen molar-refractivity contribution in [3.05, 3.63) is 33.3 Å². The maximum atomic E-state index is 12.4. The van der Waals surface area contributed by atoms with Crippen LogP contribution in [0, 0.1) is 5.92 Å². The van der Waals surface area contributed by atoms with Crippen molar-refractivity contribution < 1.29 is 10.0 Å². The van der Waals surface area contributed by atoms with E-state index in [1.54, 1.807) is 30.0 Å². The van der Waals surface area contributed by atoms with Gasteiger partial charge in [-0.2, -0.15) is 0 Å². The number of carbonyl (C=O) groups is 1. The molecule has 1 rings (SSSR count). The summed E-state index contributed by atoms with van der Waals surface area (Å²) in [5, 5.41) is 12.0. The fourth-order valence-electron chi connectivity index (χ4n) is 1.71. The number of amidine groups is 1. The van der Waals surface area contributed by atoms with Crippen LogP contribution in [0.15, 0.2) is 27.8 Å². The monoisotopic (exact) mass is 361 g/mol. The molecule has 1 aromatic carbocycles. The fraction of sp³-hybridized carbons (Fsp3) is 0.385. The molecule has 1 aromatic rings. The van der Waals surface area contributed by atoms with Crippen molar-refractivity contribution in [1.82, 2.24) is 4.90 Å². The number of hydrogen-bond acceptors (Lipinski definition) is 3. The second-order valence-corrected chi connectivity index (χ2v) is 5.72. The van der Waals surface area contributed by atoms with E-state index in [0.717, 1.165) is 4.47 Å². The first-order valence-electron chi connectivity index (χ1n) is 6.12. The number of rotatable bonds is 5. The Hall–Kier alpha value is -1.27. The molecule has 1 atom stereocenters. The molecule has 1 amide bonds. The summed E-state index contributed by atoms with van der Waals surface area (Å²) in [6, 6.07) is 5.11. The highest BCUT2D eigenvalue weighted by Crippen LogP contribution is 2.23. The molecule has 0 aliphatic rings. The molecule has 7 heteroatoms. The minimum atomic E-state index is -0.238. The maximum Gasteiger partial charge on any atom is 0.255 e. The molecule has 0 fully saturated rings. The van der Waals surface area contributed by atoms with Gasteiger partial charge < -0.3 is 15.8 Å². The molecule has 0 bridgehead atoms. The highest BCUT2D eigenvalue weighted by molar-refractivity contribution is 9.10. The summed E-state index contributed by atoms with van der Waals surface area (Å²) < 4.78 is 0.812. The minimum Gasteiger partial charge on any atom is -0.409 e. The molecule has 1 unspecified atom stereocenters. The van der Waals surface area contributed by atoms with E-state index in [2.05, 4.69) is 21.1 Å². The molecule has 0 aliphatic carbocycles. The molecule has 0 aliphatic heterocycles. The van der Waals surface area contributed by atoms with Crippen LogP contribution in [0.3, 0.4) is 0 Å². The van der Waals surface area contributed by atoms with Crippen molar-refractivity contribution >= 4 is 39.3 Å². The zero-order valence-electron chi connectivity index (χ0n) is 11.3. The molecule has 0 saturated carbocycles. The van der Waals surface area contributed by atoms with Gasteiger partial charge in [-0.1, -0.05) is 39.6 Å². The van der Waals surface area contributed by atoms with Gasteiger partial charge in [-0.3, -0.25) is 4.79 Å². The average molecular weight is 363 g/mol. The molecule has 3 N–H and O–H groups in total. The Kier molecular flexibility index (Phi) is 6.29. The molecule has 110 valence electrons. The molecule has 0 saturated heterocycles. The lowest BCUT2D eigenvalue weighted by atomic mass is 10.1. The fourth-order valence-corrected chi connectivity index (χ4v) is 2.47. The van der Waals surface area contributed by atoms with Gasteiger partial charge in [0.25, 0.3) is 5.91 Å². The SMILES string of the molecule is CCN(CC(C)C(N)=NO)C(=O)c1ccc(Br)cc1Cl. The summed E-state index contributed by atoms with van der Waals surface area (Å²) in [5.74, 6) is -0.320. The lowest BCUT2D eigenvalue weighted by Crippen LogP contribution is -2.38. The Balaban J connectivity index is 2.92. The molecule has 0 heterocycles. The lowest BCUT2D eigenvalue weighted by Gasteiger charge is -2.24. The number of benzene rings is 1. The Bertz CT molecular complexity index is 522. The van der Waals surface area contributed by atoms with Crippen LogP contribution >= 0.6 is 27.5 Å². The third kappa shape index (κ3) is 4.11. The Morgan fingerprint density at radius 3 is 2.75 bits per heavy atom. The van der Waals surface area contributed by atoms with E-state index in [4.69, 9.17) is 22.5 Å². The van der Waals surface area contributed by atoms with Gasteiger partial charge in [-0.25, -0.2) is 0 Å². The Labute approximate surface area is 131 Å². The predicted octanol–water partition coefficient (Wildman–Crippen LogP) is 2.95.